The molecule has 5 nitrogen and oxygen atoms in total. The van der Waals surface area contributed by atoms with Crippen LogP contribution in [0.2, 0.25) is 0 Å². The van der Waals surface area contributed by atoms with Crippen LogP contribution in [0.15, 0.2) is 0 Å². The van der Waals surface area contributed by atoms with E-state index < -0.39 is 14.6 Å². The number of carbonyl (C=O) groups is 1. The maximum Gasteiger partial charge on any atom is 0.241 e. The molecule has 0 spiro atoms. The Hall–Kier alpha value is -0.620. The normalized spacial score (nSPS) is 25.4. The highest BCUT2D eigenvalue weighted by Crippen LogP contribution is 2.25. The zero-order valence-electron chi connectivity index (χ0n) is 12.7. The third-order valence-electron chi connectivity index (χ3n) is 3.88. The van der Waals surface area contributed by atoms with Gasteiger partial charge in [-0.1, -0.05) is 20.8 Å². The van der Waals surface area contributed by atoms with Crippen molar-refractivity contribution in [3.8, 4) is 0 Å². The molecule has 0 aromatic heterocycles. The third-order valence-corrected chi connectivity index (χ3v) is 6.02. The Kier molecular flexibility index (Phi) is 4.67. The number of sulfone groups is 1. The van der Waals surface area contributed by atoms with Gasteiger partial charge in [-0.3, -0.25) is 10.1 Å². The third kappa shape index (κ3) is 3.28. The molecule has 1 heterocycles. The molecule has 1 aliphatic heterocycles. The summed E-state index contributed by atoms with van der Waals surface area (Å²) in [4.78, 5) is 14.0. The fourth-order valence-corrected chi connectivity index (χ4v) is 2.63. The van der Waals surface area contributed by atoms with Crippen molar-refractivity contribution in [3.05, 3.63) is 0 Å². The summed E-state index contributed by atoms with van der Waals surface area (Å²) in [7, 11) is -3.21. The molecule has 1 aliphatic rings. The number of carbonyl (C=O) groups excluding carboxylic acids is 1. The van der Waals surface area contributed by atoms with Gasteiger partial charge in [0.1, 0.15) is 0 Å². The molecule has 19 heavy (non-hydrogen) atoms. The van der Waals surface area contributed by atoms with Crippen LogP contribution in [0.25, 0.3) is 0 Å². The molecule has 0 aliphatic carbocycles. The highest BCUT2D eigenvalue weighted by molar-refractivity contribution is 7.92. The predicted molar refractivity (Wildman–Crippen MR) is 76.5 cm³/mol. The molecule has 0 saturated carbocycles. The van der Waals surface area contributed by atoms with E-state index in [2.05, 4.69) is 5.32 Å². The van der Waals surface area contributed by atoms with E-state index in [1.807, 2.05) is 20.8 Å². The lowest BCUT2D eigenvalue weighted by Crippen LogP contribution is -2.50. The van der Waals surface area contributed by atoms with Crippen molar-refractivity contribution in [2.45, 2.75) is 58.0 Å². The van der Waals surface area contributed by atoms with E-state index in [-0.39, 0.29) is 30.6 Å². The van der Waals surface area contributed by atoms with Gasteiger partial charge in [0.2, 0.25) is 5.91 Å². The molecule has 1 amide bonds. The van der Waals surface area contributed by atoms with E-state index in [1.54, 1.807) is 18.7 Å². The van der Waals surface area contributed by atoms with Gasteiger partial charge in [0.25, 0.3) is 0 Å². The summed E-state index contributed by atoms with van der Waals surface area (Å²) in [6.07, 6.45) is 1.86. The maximum absolute atomic E-state index is 12.3. The van der Waals surface area contributed by atoms with E-state index >= 15 is 0 Å². The highest BCUT2D eigenvalue weighted by Gasteiger charge is 2.43. The number of hydrogen-bond acceptors (Lipinski definition) is 4. The zero-order valence-corrected chi connectivity index (χ0v) is 13.5. The molecular weight excluding hydrogens is 264 g/mol. The summed E-state index contributed by atoms with van der Waals surface area (Å²) in [5, 5.41) is 3.30. The number of rotatable bonds is 5. The minimum atomic E-state index is -3.21. The van der Waals surface area contributed by atoms with Crippen molar-refractivity contribution in [1.82, 2.24) is 10.2 Å². The molecule has 2 unspecified atom stereocenters. The fraction of sp³-hybridized carbons (Fsp3) is 0.923. The van der Waals surface area contributed by atoms with Crippen LogP contribution in [0.4, 0.5) is 0 Å². The largest absolute Gasteiger partial charge is 0.324 e. The highest BCUT2D eigenvalue weighted by atomic mass is 32.2. The zero-order chi connectivity index (χ0) is 15.0. The predicted octanol–water partition coefficient (Wildman–Crippen LogP) is 1.00. The summed E-state index contributed by atoms with van der Waals surface area (Å²) in [5.41, 5.74) is 0. The summed E-state index contributed by atoms with van der Waals surface area (Å²) in [5.74, 6) is 0.258. The van der Waals surface area contributed by atoms with Crippen LogP contribution in [0, 0.1) is 5.92 Å². The van der Waals surface area contributed by atoms with E-state index in [0.717, 1.165) is 6.42 Å². The number of hydrogen-bond donors (Lipinski definition) is 1. The van der Waals surface area contributed by atoms with E-state index in [4.69, 9.17) is 0 Å². The first-order valence-electron chi connectivity index (χ1n) is 6.77. The monoisotopic (exact) mass is 290 g/mol. The maximum atomic E-state index is 12.3. The van der Waals surface area contributed by atoms with Crippen LogP contribution in [-0.2, 0) is 14.6 Å². The van der Waals surface area contributed by atoms with Gasteiger partial charge in [-0.25, -0.2) is 8.42 Å². The minimum Gasteiger partial charge on any atom is -0.324 e. The standard InChI is InChI=1S/C13H26N2O3S/c1-7-10-12(16)15(11(14-10)9(2)3)8-13(4,5)19(6,17)18/h9-11,14H,7-8H2,1-6H3. The first-order valence-corrected chi connectivity index (χ1v) is 8.66. The molecular formula is C13H26N2O3S. The second-order valence-corrected chi connectivity index (χ2v) is 8.96. The number of amides is 1. The summed E-state index contributed by atoms with van der Waals surface area (Å²) >= 11 is 0. The van der Waals surface area contributed by atoms with Crippen LogP contribution in [0.5, 0.6) is 0 Å². The smallest absolute Gasteiger partial charge is 0.241 e. The average Bonchev–Trinajstić information content (AvgIpc) is 2.54. The molecule has 1 rings (SSSR count). The molecule has 1 N–H and O–H groups in total. The lowest BCUT2D eigenvalue weighted by Gasteiger charge is -2.33. The van der Waals surface area contributed by atoms with Gasteiger partial charge in [-0.05, 0) is 26.2 Å². The van der Waals surface area contributed by atoms with Crippen molar-refractivity contribution < 1.29 is 13.2 Å². The van der Waals surface area contributed by atoms with Gasteiger partial charge in [-0.15, -0.1) is 0 Å². The van der Waals surface area contributed by atoms with Gasteiger partial charge in [0.15, 0.2) is 9.84 Å². The Balaban J connectivity index is 3.00. The van der Waals surface area contributed by atoms with E-state index in [1.165, 1.54) is 6.26 Å². The van der Waals surface area contributed by atoms with E-state index in [0.29, 0.717) is 0 Å². The number of nitrogens with one attached hydrogen (secondary N) is 1. The van der Waals surface area contributed by atoms with Crippen LogP contribution >= 0.6 is 0 Å². The van der Waals surface area contributed by atoms with Gasteiger partial charge in [0, 0.05) is 12.8 Å². The Bertz CT molecular complexity index is 443. The van der Waals surface area contributed by atoms with Crippen molar-refractivity contribution >= 4 is 15.7 Å². The SMILES string of the molecule is CCC1NC(C(C)C)N(CC(C)(C)S(C)(=O)=O)C1=O. The molecule has 112 valence electrons. The topological polar surface area (TPSA) is 66.5 Å². The summed E-state index contributed by atoms with van der Waals surface area (Å²) < 4.78 is 22.7. The molecule has 0 bridgehead atoms. The molecule has 1 saturated heterocycles. The van der Waals surface area contributed by atoms with Crippen LogP contribution < -0.4 is 5.32 Å². The lowest BCUT2D eigenvalue weighted by molar-refractivity contribution is -0.130. The minimum absolute atomic E-state index is 0.0120. The average molecular weight is 290 g/mol. The van der Waals surface area contributed by atoms with Gasteiger partial charge in [-0.2, -0.15) is 0 Å². The van der Waals surface area contributed by atoms with Gasteiger partial charge >= 0.3 is 0 Å². The Morgan fingerprint density at radius 3 is 2.26 bits per heavy atom. The van der Waals surface area contributed by atoms with Gasteiger partial charge < -0.3 is 4.90 Å². The summed E-state index contributed by atoms with van der Waals surface area (Å²) in [6.45, 7) is 9.60. The number of nitrogens with zero attached hydrogens (tertiary/aromatic N) is 1. The van der Waals surface area contributed by atoms with Crippen LogP contribution in [0.3, 0.4) is 0 Å². The molecule has 2 atom stereocenters. The molecule has 0 radical (unpaired) electrons. The molecule has 6 heteroatoms. The second-order valence-electron chi connectivity index (χ2n) is 6.31. The summed E-state index contributed by atoms with van der Waals surface area (Å²) in [6, 6.07) is -0.192. The molecule has 0 aromatic carbocycles. The van der Waals surface area contributed by atoms with Crippen molar-refractivity contribution in [1.29, 1.82) is 0 Å². The Labute approximate surface area is 116 Å². The van der Waals surface area contributed by atoms with Gasteiger partial charge in [0.05, 0.1) is 17.0 Å². The second kappa shape index (κ2) is 5.40. The van der Waals surface area contributed by atoms with Crippen molar-refractivity contribution in [3.63, 3.8) is 0 Å². The Morgan fingerprint density at radius 1 is 1.37 bits per heavy atom. The van der Waals surface area contributed by atoms with Crippen LogP contribution in [-0.4, -0.2) is 49.0 Å². The lowest BCUT2D eigenvalue weighted by atomic mass is 10.1. The van der Waals surface area contributed by atoms with Crippen molar-refractivity contribution in [2.75, 3.05) is 12.8 Å². The first-order chi connectivity index (χ1) is 8.51. The first kappa shape index (κ1) is 16.4. The quantitative estimate of drug-likeness (QED) is 0.820. The van der Waals surface area contributed by atoms with Crippen molar-refractivity contribution in [2.24, 2.45) is 5.92 Å². The van der Waals surface area contributed by atoms with E-state index in [9.17, 15) is 13.2 Å². The Morgan fingerprint density at radius 2 is 1.89 bits per heavy atom. The fourth-order valence-electron chi connectivity index (χ4n) is 2.25. The molecule has 0 aromatic rings. The molecule has 1 fully saturated rings. The van der Waals surface area contributed by atoms with Crippen LogP contribution in [0.1, 0.15) is 41.0 Å².